The Kier molecular flexibility index (Phi) is 6.21. The van der Waals surface area contributed by atoms with Gasteiger partial charge in [0.1, 0.15) is 0 Å². The summed E-state index contributed by atoms with van der Waals surface area (Å²) in [5.41, 5.74) is 7.41. The zero-order valence-electron chi connectivity index (χ0n) is 13.0. The normalized spacial score (nSPS) is 17.4. The predicted octanol–water partition coefficient (Wildman–Crippen LogP) is 1.79. The second-order valence-electron chi connectivity index (χ2n) is 5.89. The molecular weight excluding hydrogens is 262 g/mol. The highest BCUT2D eigenvalue weighted by Crippen LogP contribution is 2.12. The number of carbonyl (C=O) groups is 1. The summed E-state index contributed by atoms with van der Waals surface area (Å²) in [7, 11) is 0. The molecule has 4 nitrogen and oxygen atoms in total. The summed E-state index contributed by atoms with van der Waals surface area (Å²) >= 11 is 0. The Morgan fingerprint density at radius 1 is 1.33 bits per heavy atom. The third-order valence-corrected chi connectivity index (χ3v) is 4.19. The van der Waals surface area contributed by atoms with E-state index in [0.717, 1.165) is 30.6 Å². The van der Waals surface area contributed by atoms with E-state index in [1.54, 1.807) is 0 Å². The lowest BCUT2D eigenvalue weighted by Crippen LogP contribution is -2.44. The van der Waals surface area contributed by atoms with Gasteiger partial charge in [-0.3, -0.25) is 9.69 Å². The van der Waals surface area contributed by atoms with Crippen LogP contribution in [0.25, 0.3) is 0 Å². The van der Waals surface area contributed by atoms with E-state index in [0.29, 0.717) is 19.1 Å². The molecule has 1 aliphatic heterocycles. The van der Waals surface area contributed by atoms with Crippen molar-refractivity contribution in [1.29, 1.82) is 0 Å². The molecule has 0 aromatic heterocycles. The molecule has 1 saturated heterocycles. The maximum Gasteiger partial charge on any atom is 0.251 e. The number of likely N-dealkylation sites (tertiary alicyclic amines) is 1. The number of nitrogens with two attached hydrogens (primary N) is 1. The number of hydrogen-bond donors (Lipinski definition) is 2. The summed E-state index contributed by atoms with van der Waals surface area (Å²) in [5.74, 6) is 0.0118. The van der Waals surface area contributed by atoms with Crippen LogP contribution < -0.4 is 11.1 Å². The third-order valence-electron chi connectivity index (χ3n) is 4.19. The van der Waals surface area contributed by atoms with Crippen molar-refractivity contribution in [2.24, 2.45) is 5.73 Å². The molecule has 2 rings (SSSR count). The van der Waals surface area contributed by atoms with Crippen molar-refractivity contribution >= 4 is 5.91 Å². The van der Waals surface area contributed by atoms with Crippen LogP contribution in [-0.4, -0.2) is 43.0 Å². The molecule has 116 valence electrons. The largest absolute Gasteiger partial charge is 0.350 e. The Hall–Kier alpha value is -1.39. The average Bonchev–Trinajstić information content (AvgIpc) is 2.53. The van der Waals surface area contributed by atoms with Crippen LogP contribution in [0.3, 0.4) is 0 Å². The van der Waals surface area contributed by atoms with Gasteiger partial charge >= 0.3 is 0 Å². The zero-order valence-corrected chi connectivity index (χ0v) is 13.0. The highest BCUT2D eigenvalue weighted by atomic mass is 16.1. The summed E-state index contributed by atoms with van der Waals surface area (Å²) in [5, 5.41) is 3.05. The molecule has 1 amide bonds. The predicted molar refractivity (Wildman–Crippen MR) is 86.4 cm³/mol. The molecule has 1 atom stereocenters. The monoisotopic (exact) mass is 289 g/mol. The molecular formula is C17H27N3O. The maximum atomic E-state index is 12.2. The van der Waals surface area contributed by atoms with E-state index in [1.807, 2.05) is 24.3 Å². The van der Waals surface area contributed by atoms with Crippen molar-refractivity contribution in [3.63, 3.8) is 0 Å². The first-order valence-corrected chi connectivity index (χ1v) is 8.02. The lowest BCUT2D eigenvalue weighted by atomic mass is 10.1. The van der Waals surface area contributed by atoms with Gasteiger partial charge < -0.3 is 11.1 Å². The van der Waals surface area contributed by atoms with Crippen molar-refractivity contribution in [3.05, 3.63) is 35.4 Å². The van der Waals surface area contributed by atoms with Gasteiger partial charge in [0.2, 0.25) is 0 Å². The lowest BCUT2D eigenvalue weighted by molar-refractivity contribution is 0.0930. The molecule has 0 spiro atoms. The smallest absolute Gasteiger partial charge is 0.251 e. The Bertz CT molecular complexity index is 455. The topological polar surface area (TPSA) is 58.4 Å². The molecule has 1 heterocycles. The van der Waals surface area contributed by atoms with Gasteiger partial charge in [-0.2, -0.15) is 0 Å². The first kappa shape index (κ1) is 16.0. The number of carbonyl (C=O) groups excluding carboxylic acids is 1. The highest BCUT2D eigenvalue weighted by Gasteiger charge is 2.17. The number of nitrogens with one attached hydrogen (secondary N) is 1. The van der Waals surface area contributed by atoms with Gasteiger partial charge in [-0.05, 0) is 63.5 Å². The summed E-state index contributed by atoms with van der Waals surface area (Å²) in [6.45, 7) is 5.82. The molecule has 3 N–H and O–H groups in total. The van der Waals surface area contributed by atoms with Gasteiger partial charge in [0.15, 0.2) is 0 Å². The molecule has 1 aromatic rings. The molecule has 1 aromatic carbocycles. The van der Waals surface area contributed by atoms with Crippen LogP contribution in [0.15, 0.2) is 24.3 Å². The first-order valence-electron chi connectivity index (χ1n) is 8.02. The number of amides is 1. The number of nitrogens with zero attached hydrogens (tertiary/aromatic N) is 1. The third kappa shape index (κ3) is 4.83. The Morgan fingerprint density at radius 3 is 2.81 bits per heavy atom. The molecule has 1 unspecified atom stereocenters. The number of rotatable bonds is 6. The van der Waals surface area contributed by atoms with Gasteiger partial charge in [-0.25, -0.2) is 0 Å². The first-order chi connectivity index (χ1) is 10.2. The SMILES string of the molecule is CC(CNC(=O)c1cccc(CCN)c1)N1CCCCC1. The Morgan fingerprint density at radius 2 is 2.10 bits per heavy atom. The maximum absolute atomic E-state index is 12.2. The average molecular weight is 289 g/mol. The molecule has 0 bridgehead atoms. The van der Waals surface area contributed by atoms with Gasteiger partial charge in [0, 0.05) is 18.2 Å². The Labute approximate surface area is 127 Å². The van der Waals surface area contributed by atoms with Crippen LogP contribution in [-0.2, 0) is 6.42 Å². The van der Waals surface area contributed by atoms with Gasteiger partial charge in [0.25, 0.3) is 5.91 Å². The standard InChI is InChI=1S/C17H27N3O/c1-14(20-10-3-2-4-11-20)13-19-17(21)16-7-5-6-15(12-16)8-9-18/h5-7,12,14H,2-4,8-11,13,18H2,1H3,(H,19,21). The van der Waals surface area contributed by atoms with E-state index in [9.17, 15) is 4.79 Å². The second kappa shape index (κ2) is 8.15. The molecule has 0 radical (unpaired) electrons. The lowest BCUT2D eigenvalue weighted by Gasteiger charge is -2.32. The molecule has 1 fully saturated rings. The van der Waals surface area contributed by atoms with Crippen LogP contribution in [0.1, 0.15) is 42.1 Å². The summed E-state index contributed by atoms with van der Waals surface area (Å²) in [6, 6.07) is 8.14. The van der Waals surface area contributed by atoms with E-state index < -0.39 is 0 Å². The van der Waals surface area contributed by atoms with Crippen molar-refractivity contribution in [1.82, 2.24) is 10.2 Å². The van der Waals surface area contributed by atoms with Crippen LogP contribution in [0, 0.1) is 0 Å². The second-order valence-corrected chi connectivity index (χ2v) is 5.89. The zero-order chi connectivity index (χ0) is 15.1. The van der Waals surface area contributed by atoms with E-state index in [1.165, 1.54) is 19.3 Å². The van der Waals surface area contributed by atoms with Gasteiger partial charge in [0.05, 0.1) is 0 Å². The minimum absolute atomic E-state index is 0.0118. The van der Waals surface area contributed by atoms with E-state index >= 15 is 0 Å². The fourth-order valence-electron chi connectivity index (χ4n) is 2.87. The molecule has 0 saturated carbocycles. The fraction of sp³-hybridized carbons (Fsp3) is 0.588. The highest BCUT2D eigenvalue weighted by molar-refractivity contribution is 5.94. The van der Waals surface area contributed by atoms with Crippen molar-refractivity contribution < 1.29 is 4.79 Å². The van der Waals surface area contributed by atoms with Crippen molar-refractivity contribution in [3.8, 4) is 0 Å². The molecule has 21 heavy (non-hydrogen) atoms. The number of piperidine rings is 1. The summed E-state index contributed by atoms with van der Waals surface area (Å²) in [4.78, 5) is 14.7. The summed E-state index contributed by atoms with van der Waals surface area (Å²) in [6.07, 6.45) is 4.70. The quantitative estimate of drug-likeness (QED) is 0.839. The van der Waals surface area contributed by atoms with Crippen molar-refractivity contribution in [2.75, 3.05) is 26.2 Å². The van der Waals surface area contributed by atoms with Gasteiger partial charge in [-0.1, -0.05) is 18.6 Å². The van der Waals surface area contributed by atoms with E-state index in [-0.39, 0.29) is 5.91 Å². The minimum Gasteiger partial charge on any atom is -0.350 e. The van der Waals surface area contributed by atoms with Crippen LogP contribution >= 0.6 is 0 Å². The van der Waals surface area contributed by atoms with Crippen LogP contribution in [0.2, 0.25) is 0 Å². The molecule has 0 aliphatic carbocycles. The van der Waals surface area contributed by atoms with Crippen LogP contribution in [0.5, 0.6) is 0 Å². The minimum atomic E-state index is 0.0118. The van der Waals surface area contributed by atoms with Crippen molar-refractivity contribution in [2.45, 2.75) is 38.6 Å². The number of hydrogen-bond acceptors (Lipinski definition) is 3. The van der Waals surface area contributed by atoms with E-state index in [2.05, 4.69) is 17.1 Å². The van der Waals surface area contributed by atoms with Crippen LogP contribution in [0.4, 0.5) is 0 Å². The molecule has 4 heteroatoms. The molecule has 1 aliphatic rings. The fourth-order valence-corrected chi connectivity index (χ4v) is 2.87. The Balaban J connectivity index is 1.84. The van der Waals surface area contributed by atoms with E-state index in [4.69, 9.17) is 5.73 Å². The summed E-state index contributed by atoms with van der Waals surface area (Å²) < 4.78 is 0. The van der Waals surface area contributed by atoms with Gasteiger partial charge in [-0.15, -0.1) is 0 Å². The number of benzene rings is 1.